The number of benzene rings is 1. The normalized spacial score (nSPS) is 15.9. The molecule has 0 aromatic heterocycles. The third kappa shape index (κ3) is 4.18. The van der Waals surface area contributed by atoms with Crippen LogP contribution in [0.5, 0.6) is 5.75 Å². The molecule has 0 atom stereocenters. The molecule has 0 unspecified atom stereocenters. The maximum Gasteiger partial charge on any atom is 0.250 e. The number of piperidine rings is 1. The predicted octanol–water partition coefficient (Wildman–Crippen LogP) is 1.54. The molecule has 20 heavy (non-hydrogen) atoms. The molecule has 1 saturated heterocycles. The number of halogens is 1. The van der Waals surface area contributed by atoms with Crippen LogP contribution in [0.25, 0.3) is 0 Å². The van der Waals surface area contributed by atoms with Gasteiger partial charge in [-0.15, -0.1) is 0 Å². The largest absolute Gasteiger partial charge is 0.497 e. The molecule has 6 heteroatoms. The monoisotopic (exact) mass is 282 g/mol. The smallest absolute Gasteiger partial charge is 0.250 e. The molecule has 1 heterocycles. The highest BCUT2D eigenvalue weighted by Crippen LogP contribution is 2.21. The van der Waals surface area contributed by atoms with Crippen molar-refractivity contribution in [2.75, 3.05) is 32.1 Å². The van der Waals surface area contributed by atoms with Crippen LogP contribution >= 0.6 is 0 Å². The van der Waals surface area contributed by atoms with Crippen LogP contribution in [0.3, 0.4) is 0 Å². The molecule has 0 saturated carbocycles. The van der Waals surface area contributed by atoms with Crippen LogP contribution < -0.4 is 15.4 Å². The van der Waals surface area contributed by atoms with Crippen molar-refractivity contribution in [2.45, 2.75) is 18.9 Å². The summed E-state index contributed by atoms with van der Waals surface area (Å²) in [4.78, 5) is 11.7. The van der Waals surface area contributed by atoms with Crippen molar-refractivity contribution in [1.82, 2.24) is 5.32 Å². The van der Waals surface area contributed by atoms with Crippen LogP contribution in [0.1, 0.15) is 12.8 Å². The van der Waals surface area contributed by atoms with Crippen molar-refractivity contribution < 1.29 is 18.7 Å². The lowest BCUT2D eigenvalue weighted by atomic mass is 10.1. The number of hydrogen-bond donors (Lipinski definition) is 2. The third-order valence-corrected chi connectivity index (χ3v) is 3.18. The Hall–Kier alpha value is -1.66. The highest BCUT2D eigenvalue weighted by molar-refractivity contribution is 5.92. The van der Waals surface area contributed by atoms with E-state index in [0.29, 0.717) is 5.75 Å². The fraction of sp³-hybridized carbons (Fsp3) is 0.500. The van der Waals surface area contributed by atoms with Gasteiger partial charge in [0.2, 0.25) is 5.91 Å². The van der Waals surface area contributed by atoms with Gasteiger partial charge in [-0.1, -0.05) is 0 Å². The first-order valence-electron chi connectivity index (χ1n) is 6.65. The first-order valence-corrected chi connectivity index (χ1v) is 6.65. The molecular weight excluding hydrogens is 263 g/mol. The number of rotatable bonds is 5. The number of amides is 1. The van der Waals surface area contributed by atoms with Gasteiger partial charge < -0.3 is 20.1 Å². The molecular formula is C14H19FN2O3. The molecule has 110 valence electrons. The van der Waals surface area contributed by atoms with Crippen molar-refractivity contribution in [3.63, 3.8) is 0 Å². The van der Waals surface area contributed by atoms with Gasteiger partial charge in [-0.05, 0) is 38.1 Å². The van der Waals surface area contributed by atoms with Crippen LogP contribution in [-0.2, 0) is 9.53 Å². The molecule has 5 nitrogen and oxygen atoms in total. The molecule has 2 rings (SSSR count). The van der Waals surface area contributed by atoms with Gasteiger partial charge in [-0.2, -0.15) is 0 Å². The van der Waals surface area contributed by atoms with E-state index in [0.717, 1.165) is 25.9 Å². The number of nitrogens with one attached hydrogen (secondary N) is 2. The molecule has 0 radical (unpaired) electrons. The predicted molar refractivity (Wildman–Crippen MR) is 73.4 cm³/mol. The maximum atomic E-state index is 13.5. The quantitative estimate of drug-likeness (QED) is 0.860. The number of hydrogen-bond acceptors (Lipinski definition) is 4. The van der Waals surface area contributed by atoms with E-state index in [1.54, 1.807) is 0 Å². The topological polar surface area (TPSA) is 59.6 Å². The number of ether oxygens (including phenoxy) is 2. The highest BCUT2D eigenvalue weighted by Gasteiger charge is 2.15. The Morgan fingerprint density at radius 1 is 1.45 bits per heavy atom. The second kappa shape index (κ2) is 7.21. The molecule has 1 amide bonds. The van der Waals surface area contributed by atoms with Gasteiger partial charge in [0.15, 0.2) is 0 Å². The Morgan fingerprint density at radius 2 is 2.20 bits per heavy atom. The summed E-state index contributed by atoms with van der Waals surface area (Å²) in [7, 11) is 1.49. The van der Waals surface area contributed by atoms with E-state index in [1.165, 1.54) is 25.3 Å². The summed E-state index contributed by atoms with van der Waals surface area (Å²) in [5.74, 6) is -0.377. The number of methoxy groups -OCH3 is 1. The minimum absolute atomic E-state index is 0.0681. The first-order chi connectivity index (χ1) is 9.69. The molecule has 1 aliphatic rings. The van der Waals surface area contributed by atoms with Crippen molar-refractivity contribution in [3.05, 3.63) is 24.0 Å². The fourth-order valence-corrected chi connectivity index (χ4v) is 2.07. The Morgan fingerprint density at radius 3 is 2.90 bits per heavy atom. The Bertz CT molecular complexity index is 462. The molecule has 0 spiro atoms. The standard InChI is InChI=1S/C14H19FN2O3/c1-19-11-2-3-12(15)13(8-11)17-14(18)9-20-10-4-6-16-7-5-10/h2-3,8,10,16H,4-7,9H2,1H3,(H,17,18). The van der Waals surface area contributed by atoms with Gasteiger partial charge in [0.25, 0.3) is 0 Å². The van der Waals surface area contributed by atoms with E-state index in [-0.39, 0.29) is 24.3 Å². The van der Waals surface area contributed by atoms with Crippen LogP contribution in [0, 0.1) is 5.82 Å². The minimum atomic E-state index is -0.499. The molecule has 0 bridgehead atoms. The van der Waals surface area contributed by atoms with Gasteiger partial charge in [-0.25, -0.2) is 4.39 Å². The van der Waals surface area contributed by atoms with Gasteiger partial charge in [0.05, 0.1) is 18.9 Å². The van der Waals surface area contributed by atoms with Crippen molar-refractivity contribution in [3.8, 4) is 5.75 Å². The number of anilines is 1. The average molecular weight is 282 g/mol. The van der Waals surface area contributed by atoms with Crippen molar-refractivity contribution >= 4 is 11.6 Å². The molecule has 2 N–H and O–H groups in total. The van der Waals surface area contributed by atoms with Crippen molar-refractivity contribution in [2.24, 2.45) is 0 Å². The van der Waals surface area contributed by atoms with E-state index in [4.69, 9.17) is 9.47 Å². The molecule has 1 aromatic carbocycles. The van der Waals surface area contributed by atoms with Crippen LogP contribution in [0.2, 0.25) is 0 Å². The maximum absolute atomic E-state index is 13.5. The highest BCUT2D eigenvalue weighted by atomic mass is 19.1. The van der Waals surface area contributed by atoms with Crippen molar-refractivity contribution in [1.29, 1.82) is 0 Å². The van der Waals surface area contributed by atoms with Gasteiger partial charge >= 0.3 is 0 Å². The number of carbonyl (C=O) groups is 1. The van der Waals surface area contributed by atoms with E-state index in [1.807, 2.05) is 0 Å². The summed E-state index contributed by atoms with van der Waals surface area (Å²) in [6.07, 6.45) is 1.87. The SMILES string of the molecule is COc1ccc(F)c(NC(=O)COC2CCNCC2)c1. The Kier molecular flexibility index (Phi) is 5.31. The summed E-state index contributed by atoms with van der Waals surface area (Å²) in [6.45, 7) is 1.73. The summed E-state index contributed by atoms with van der Waals surface area (Å²) in [6, 6.07) is 4.19. The molecule has 0 aliphatic carbocycles. The fourth-order valence-electron chi connectivity index (χ4n) is 2.07. The van der Waals surface area contributed by atoms with Crippen LogP contribution in [-0.4, -0.2) is 38.8 Å². The van der Waals surface area contributed by atoms with E-state index in [9.17, 15) is 9.18 Å². The zero-order valence-corrected chi connectivity index (χ0v) is 11.4. The zero-order chi connectivity index (χ0) is 14.4. The first kappa shape index (κ1) is 14.7. The van der Waals surface area contributed by atoms with Gasteiger partial charge in [0, 0.05) is 6.07 Å². The second-order valence-electron chi connectivity index (χ2n) is 4.65. The Labute approximate surface area is 117 Å². The lowest BCUT2D eigenvalue weighted by molar-refractivity contribution is -0.123. The van der Waals surface area contributed by atoms with Gasteiger partial charge in [0.1, 0.15) is 18.2 Å². The van der Waals surface area contributed by atoms with Crippen LogP contribution in [0.15, 0.2) is 18.2 Å². The zero-order valence-electron chi connectivity index (χ0n) is 11.4. The average Bonchev–Trinajstić information content (AvgIpc) is 2.48. The van der Waals surface area contributed by atoms with E-state index < -0.39 is 5.82 Å². The summed E-state index contributed by atoms with van der Waals surface area (Å²) in [5, 5.41) is 5.71. The second-order valence-corrected chi connectivity index (χ2v) is 4.65. The molecule has 1 aliphatic heterocycles. The minimum Gasteiger partial charge on any atom is -0.497 e. The molecule has 1 aromatic rings. The van der Waals surface area contributed by atoms with E-state index >= 15 is 0 Å². The van der Waals surface area contributed by atoms with Crippen LogP contribution in [0.4, 0.5) is 10.1 Å². The van der Waals surface area contributed by atoms with E-state index in [2.05, 4.69) is 10.6 Å². The third-order valence-electron chi connectivity index (χ3n) is 3.18. The van der Waals surface area contributed by atoms with Gasteiger partial charge in [-0.3, -0.25) is 4.79 Å². The lowest BCUT2D eigenvalue weighted by Crippen LogP contribution is -2.34. The summed E-state index contributed by atoms with van der Waals surface area (Å²) >= 11 is 0. The number of carbonyl (C=O) groups excluding carboxylic acids is 1. The molecule has 1 fully saturated rings. The Balaban J connectivity index is 1.84. The lowest BCUT2D eigenvalue weighted by Gasteiger charge is -2.22. The summed E-state index contributed by atoms with van der Waals surface area (Å²) < 4.78 is 24.0. The summed E-state index contributed by atoms with van der Waals surface area (Å²) in [5.41, 5.74) is 0.100.